The van der Waals surface area contributed by atoms with Crippen LogP contribution in [0, 0.1) is 11.6 Å². The van der Waals surface area contributed by atoms with Gasteiger partial charge in [-0.05, 0) is 19.3 Å². The smallest absolute Gasteiger partial charge is 0.341 e. The molecule has 0 amide bonds. The predicted molar refractivity (Wildman–Crippen MR) is 92.6 cm³/mol. The van der Waals surface area contributed by atoms with Gasteiger partial charge in [0, 0.05) is 31.4 Å². The molecule has 0 radical (unpaired) electrons. The van der Waals surface area contributed by atoms with Gasteiger partial charge in [0.25, 0.3) is 0 Å². The van der Waals surface area contributed by atoms with E-state index >= 15 is 4.39 Å². The van der Waals surface area contributed by atoms with E-state index in [1.165, 1.54) is 9.47 Å². The maximum Gasteiger partial charge on any atom is 0.341 e. The third-order valence-electron chi connectivity index (χ3n) is 5.08. The predicted octanol–water partition coefficient (Wildman–Crippen LogP) is 1.43. The Hall–Kier alpha value is -2.68. The Labute approximate surface area is 146 Å². The van der Waals surface area contributed by atoms with Crippen molar-refractivity contribution in [1.82, 2.24) is 4.57 Å². The lowest BCUT2D eigenvalue weighted by Crippen LogP contribution is -2.29. The van der Waals surface area contributed by atoms with Crippen molar-refractivity contribution in [2.24, 2.45) is 5.73 Å². The summed E-state index contributed by atoms with van der Waals surface area (Å²) in [6.45, 7) is 0.653. The number of aromatic nitrogens is 1. The van der Waals surface area contributed by atoms with E-state index in [9.17, 15) is 19.1 Å². The third kappa shape index (κ3) is 2.34. The van der Waals surface area contributed by atoms with Crippen molar-refractivity contribution < 1.29 is 18.7 Å². The lowest BCUT2D eigenvalue weighted by molar-refractivity contribution is 0.0695. The quantitative estimate of drug-likeness (QED) is 0.710. The van der Waals surface area contributed by atoms with Gasteiger partial charge < -0.3 is 26.0 Å². The Morgan fingerprint density at radius 2 is 1.92 bits per heavy atom. The SMILES string of the molecule is Nc1c(F)c(N2CC[C@@H](N)C2)c(F)c2c1c(=O)c(C(=O)O)cn2C1CC1. The topological polar surface area (TPSA) is 115 Å². The molecule has 0 spiro atoms. The average molecular weight is 364 g/mol. The molecule has 9 heteroatoms. The molecule has 4 rings (SSSR count). The second kappa shape index (κ2) is 5.66. The molecule has 1 saturated carbocycles. The van der Waals surface area contributed by atoms with Crippen molar-refractivity contribution in [3.05, 3.63) is 33.6 Å². The molecule has 2 aliphatic rings. The average Bonchev–Trinajstić information content (AvgIpc) is 3.34. The van der Waals surface area contributed by atoms with Crippen LogP contribution < -0.4 is 21.8 Å². The monoisotopic (exact) mass is 364 g/mol. The van der Waals surface area contributed by atoms with Crippen LogP contribution in [0.15, 0.2) is 11.0 Å². The number of hydrogen-bond donors (Lipinski definition) is 3. The van der Waals surface area contributed by atoms with E-state index in [2.05, 4.69) is 0 Å². The number of hydrogen-bond acceptors (Lipinski definition) is 5. The maximum absolute atomic E-state index is 15.4. The number of carboxylic acids is 1. The third-order valence-corrected chi connectivity index (χ3v) is 5.08. The number of anilines is 2. The molecule has 1 aromatic heterocycles. The highest BCUT2D eigenvalue weighted by Gasteiger charge is 2.34. The zero-order valence-corrected chi connectivity index (χ0v) is 13.8. The molecule has 1 saturated heterocycles. The van der Waals surface area contributed by atoms with Crippen LogP contribution in [0.5, 0.6) is 0 Å². The number of nitrogens with two attached hydrogens (primary N) is 2. The zero-order chi connectivity index (χ0) is 18.7. The normalized spacial score (nSPS) is 20.1. The molecule has 1 atom stereocenters. The Morgan fingerprint density at radius 3 is 2.46 bits per heavy atom. The fraction of sp³-hybridized carbons (Fsp3) is 0.412. The van der Waals surface area contributed by atoms with Gasteiger partial charge in [0.05, 0.1) is 16.6 Å². The van der Waals surface area contributed by atoms with E-state index < -0.39 is 39.7 Å². The molecule has 26 heavy (non-hydrogen) atoms. The molecule has 1 aliphatic carbocycles. The molecule has 7 nitrogen and oxygen atoms in total. The number of benzene rings is 1. The van der Waals surface area contributed by atoms with E-state index in [0.29, 0.717) is 13.0 Å². The number of rotatable bonds is 3. The molecule has 1 aromatic carbocycles. The van der Waals surface area contributed by atoms with E-state index in [1.54, 1.807) is 0 Å². The Bertz CT molecular complexity index is 1000. The summed E-state index contributed by atoms with van der Waals surface area (Å²) >= 11 is 0. The molecule has 0 bridgehead atoms. The van der Waals surface area contributed by atoms with E-state index in [1.807, 2.05) is 0 Å². The molecule has 0 unspecified atom stereocenters. The number of carboxylic acid groups (broad SMARTS) is 1. The van der Waals surface area contributed by atoms with Gasteiger partial charge in [-0.1, -0.05) is 0 Å². The summed E-state index contributed by atoms with van der Waals surface area (Å²) in [4.78, 5) is 25.4. The molecule has 1 aliphatic heterocycles. The number of pyridine rings is 1. The summed E-state index contributed by atoms with van der Waals surface area (Å²) in [5, 5.41) is 8.86. The lowest BCUT2D eigenvalue weighted by Gasteiger charge is -2.23. The number of halogens is 2. The Balaban J connectivity index is 2.09. The van der Waals surface area contributed by atoms with Crippen LogP contribution in [0.4, 0.5) is 20.2 Å². The van der Waals surface area contributed by atoms with Gasteiger partial charge in [-0.25, -0.2) is 13.6 Å². The second-order valence-electron chi connectivity index (χ2n) is 6.92. The van der Waals surface area contributed by atoms with Gasteiger partial charge in [-0.15, -0.1) is 0 Å². The van der Waals surface area contributed by atoms with Crippen LogP contribution in [0.2, 0.25) is 0 Å². The van der Waals surface area contributed by atoms with Crippen LogP contribution in [-0.2, 0) is 0 Å². The highest BCUT2D eigenvalue weighted by Crippen LogP contribution is 2.42. The first-order valence-electron chi connectivity index (χ1n) is 8.40. The summed E-state index contributed by atoms with van der Waals surface area (Å²) in [7, 11) is 0. The Kier molecular flexibility index (Phi) is 3.65. The van der Waals surface area contributed by atoms with Crippen molar-refractivity contribution in [2.75, 3.05) is 23.7 Å². The summed E-state index contributed by atoms with van der Waals surface area (Å²) in [5.74, 6) is -3.41. The first-order valence-corrected chi connectivity index (χ1v) is 8.40. The van der Waals surface area contributed by atoms with Crippen molar-refractivity contribution in [3.63, 3.8) is 0 Å². The van der Waals surface area contributed by atoms with Crippen LogP contribution in [-0.4, -0.2) is 34.8 Å². The van der Waals surface area contributed by atoms with Gasteiger partial charge in [0.2, 0.25) is 5.43 Å². The van der Waals surface area contributed by atoms with Crippen LogP contribution >= 0.6 is 0 Å². The largest absolute Gasteiger partial charge is 0.477 e. The number of aromatic carboxylic acids is 1. The van der Waals surface area contributed by atoms with Crippen LogP contribution in [0.3, 0.4) is 0 Å². The number of fused-ring (bicyclic) bond motifs is 1. The molecule has 2 heterocycles. The summed E-state index contributed by atoms with van der Waals surface area (Å²) in [5.41, 5.74) is 9.18. The van der Waals surface area contributed by atoms with E-state index in [4.69, 9.17) is 11.5 Å². The van der Waals surface area contributed by atoms with Crippen LogP contribution in [0.25, 0.3) is 10.9 Å². The minimum absolute atomic E-state index is 0.135. The van der Waals surface area contributed by atoms with Crippen molar-refractivity contribution >= 4 is 28.2 Å². The number of nitrogens with zero attached hydrogens (tertiary/aromatic N) is 2. The van der Waals surface area contributed by atoms with Crippen molar-refractivity contribution in [3.8, 4) is 0 Å². The van der Waals surface area contributed by atoms with Gasteiger partial charge in [0.15, 0.2) is 11.6 Å². The molecule has 5 N–H and O–H groups in total. The lowest BCUT2D eigenvalue weighted by atomic mass is 10.1. The molecule has 138 valence electrons. The fourth-order valence-corrected chi connectivity index (χ4v) is 3.61. The molecule has 2 fully saturated rings. The standard InChI is InChI=1S/C17H18F2N4O3/c18-11-13(21)10-14(12(19)15(11)22-4-3-7(20)5-22)23(8-1-2-8)6-9(16(10)24)17(25)26/h6-8H,1-5,20-21H2,(H,25,26)/t7-/m1/s1. The molecular formula is C17H18F2N4O3. The molecular weight excluding hydrogens is 346 g/mol. The fourth-order valence-electron chi connectivity index (χ4n) is 3.61. The number of nitrogen functional groups attached to an aromatic ring is 1. The zero-order valence-electron chi connectivity index (χ0n) is 13.8. The van der Waals surface area contributed by atoms with Crippen molar-refractivity contribution in [2.45, 2.75) is 31.3 Å². The minimum Gasteiger partial charge on any atom is -0.477 e. The highest BCUT2D eigenvalue weighted by atomic mass is 19.1. The molecule has 2 aromatic rings. The summed E-state index contributed by atoms with van der Waals surface area (Å²) in [6.07, 6.45) is 3.16. The summed E-state index contributed by atoms with van der Waals surface area (Å²) in [6, 6.07) is -0.338. The first-order chi connectivity index (χ1) is 12.3. The van der Waals surface area contributed by atoms with E-state index in [-0.39, 0.29) is 29.8 Å². The van der Waals surface area contributed by atoms with Gasteiger partial charge >= 0.3 is 5.97 Å². The summed E-state index contributed by atoms with van der Waals surface area (Å²) < 4.78 is 31.7. The Morgan fingerprint density at radius 1 is 1.23 bits per heavy atom. The highest BCUT2D eigenvalue weighted by molar-refractivity contribution is 5.99. The van der Waals surface area contributed by atoms with Crippen LogP contribution in [0.1, 0.15) is 35.7 Å². The van der Waals surface area contributed by atoms with Gasteiger partial charge in [-0.3, -0.25) is 4.79 Å². The van der Waals surface area contributed by atoms with Crippen molar-refractivity contribution in [1.29, 1.82) is 0 Å². The van der Waals surface area contributed by atoms with Gasteiger partial charge in [-0.2, -0.15) is 0 Å². The van der Waals surface area contributed by atoms with Gasteiger partial charge in [0.1, 0.15) is 11.3 Å². The second-order valence-corrected chi connectivity index (χ2v) is 6.92. The number of carbonyl (C=O) groups is 1. The minimum atomic E-state index is -1.46. The maximum atomic E-state index is 15.4. The first kappa shape index (κ1) is 16.8. The van der Waals surface area contributed by atoms with E-state index in [0.717, 1.165) is 19.0 Å².